The first-order valence-electron chi connectivity index (χ1n) is 7.31. The largest absolute Gasteiger partial charge is 0.481 e. The van der Waals surface area contributed by atoms with Crippen LogP contribution in [0.1, 0.15) is 32.1 Å². The monoisotopic (exact) mass is 284 g/mol. The van der Waals surface area contributed by atoms with E-state index in [0.717, 1.165) is 25.9 Å². The van der Waals surface area contributed by atoms with Gasteiger partial charge in [0.1, 0.15) is 0 Å². The summed E-state index contributed by atoms with van der Waals surface area (Å²) in [6, 6.07) is 0. The highest BCUT2D eigenvalue weighted by atomic mass is 16.6. The number of carbonyl (C=O) groups excluding carboxylic acids is 1. The summed E-state index contributed by atoms with van der Waals surface area (Å²) in [6.45, 7) is 1.22. The van der Waals surface area contributed by atoms with Gasteiger partial charge in [0.2, 0.25) is 0 Å². The van der Waals surface area contributed by atoms with Crippen molar-refractivity contribution in [3.05, 3.63) is 0 Å². The fraction of sp³-hybridized carbons (Fsp3) is 0.857. The molecule has 2 saturated heterocycles. The van der Waals surface area contributed by atoms with Crippen LogP contribution in [0.15, 0.2) is 0 Å². The molecule has 0 spiro atoms. The Labute approximate surface area is 117 Å². The average Bonchev–Trinajstić information content (AvgIpc) is 3.30. The van der Waals surface area contributed by atoms with Crippen molar-refractivity contribution in [3.8, 4) is 0 Å². The zero-order valence-corrected chi connectivity index (χ0v) is 11.3. The minimum Gasteiger partial charge on any atom is -0.481 e. The molecule has 0 aromatic rings. The SMILES string of the molecule is O=C(O)C1CC2OC2CC1C(=O)OCCCCC1CO1. The molecule has 5 unspecified atom stereocenters. The van der Waals surface area contributed by atoms with Crippen LogP contribution in [0.2, 0.25) is 0 Å². The molecule has 3 rings (SSSR count). The second-order valence-corrected chi connectivity index (χ2v) is 5.85. The molecule has 20 heavy (non-hydrogen) atoms. The van der Waals surface area contributed by atoms with Crippen LogP contribution < -0.4 is 0 Å². The summed E-state index contributed by atoms with van der Waals surface area (Å²) in [4.78, 5) is 23.2. The number of hydrogen-bond donors (Lipinski definition) is 1. The number of fused-ring (bicyclic) bond motifs is 1. The van der Waals surface area contributed by atoms with Gasteiger partial charge in [0.15, 0.2) is 0 Å². The molecule has 6 heteroatoms. The van der Waals surface area contributed by atoms with Gasteiger partial charge in [0.25, 0.3) is 0 Å². The molecule has 3 fully saturated rings. The summed E-state index contributed by atoms with van der Waals surface area (Å²) in [5, 5.41) is 9.19. The van der Waals surface area contributed by atoms with E-state index in [1.807, 2.05) is 0 Å². The Morgan fingerprint density at radius 3 is 2.50 bits per heavy atom. The first-order valence-corrected chi connectivity index (χ1v) is 7.31. The van der Waals surface area contributed by atoms with Gasteiger partial charge >= 0.3 is 11.9 Å². The second-order valence-electron chi connectivity index (χ2n) is 5.85. The lowest BCUT2D eigenvalue weighted by molar-refractivity contribution is -0.159. The van der Waals surface area contributed by atoms with Gasteiger partial charge in [-0.15, -0.1) is 0 Å². The predicted molar refractivity (Wildman–Crippen MR) is 67.1 cm³/mol. The highest BCUT2D eigenvalue weighted by Crippen LogP contribution is 2.43. The summed E-state index contributed by atoms with van der Waals surface area (Å²) >= 11 is 0. The molecular weight excluding hydrogens is 264 g/mol. The number of aliphatic carboxylic acids is 1. The Kier molecular flexibility index (Phi) is 3.94. The molecule has 0 aromatic heterocycles. The van der Waals surface area contributed by atoms with Gasteiger partial charge in [0.05, 0.1) is 43.4 Å². The van der Waals surface area contributed by atoms with E-state index in [9.17, 15) is 14.7 Å². The van der Waals surface area contributed by atoms with Gasteiger partial charge in [-0.05, 0) is 32.1 Å². The van der Waals surface area contributed by atoms with E-state index in [4.69, 9.17) is 14.2 Å². The molecule has 5 atom stereocenters. The maximum absolute atomic E-state index is 12.0. The maximum Gasteiger partial charge on any atom is 0.309 e. The summed E-state index contributed by atoms with van der Waals surface area (Å²) < 4.78 is 15.7. The van der Waals surface area contributed by atoms with Crippen molar-refractivity contribution < 1.29 is 28.9 Å². The Balaban J connectivity index is 1.41. The molecular formula is C14H20O6. The normalized spacial score (nSPS) is 37.9. The molecule has 1 aliphatic carbocycles. The number of carboxylic acids is 1. The van der Waals surface area contributed by atoms with Gasteiger partial charge in [-0.25, -0.2) is 0 Å². The van der Waals surface area contributed by atoms with Crippen LogP contribution in [0.3, 0.4) is 0 Å². The summed E-state index contributed by atoms with van der Waals surface area (Å²) in [6.07, 6.45) is 4.21. The third-order valence-corrected chi connectivity index (χ3v) is 4.33. The van der Waals surface area contributed by atoms with Crippen molar-refractivity contribution in [2.45, 2.75) is 50.4 Å². The van der Waals surface area contributed by atoms with Crippen molar-refractivity contribution in [1.29, 1.82) is 0 Å². The van der Waals surface area contributed by atoms with E-state index in [1.165, 1.54) is 0 Å². The minimum atomic E-state index is -0.924. The zero-order chi connectivity index (χ0) is 14.1. The molecule has 0 amide bonds. The quantitative estimate of drug-likeness (QED) is 0.426. The summed E-state index contributed by atoms with van der Waals surface area (Å²) in [7, 11) is 0. The van der Waals surface area contributed by atoms with Crippen molar-refractivity contribution in [2.24, 2.45) is 11.8 Å². The van der Waals surface area contributed by atoms with Gasteiger partial charge < -0.3 is 19.3 Å². The fourth-order valence-corrected chi connectivity index (χ4v) is 2.94. The number of unbranched alkanes of at least 4 members (excludes halogenated alkanes) is 1. The van der Waals surface area contributed by atoms with Gasteiger partial charge in [-0.3, -0.25) is 9.59 Å². The summed E-state index contributed by atoms with van der Waals surface area (Å²) in [5.74, 6) is -2.52. The van der Waals surface area contributed by atoms with Crippen LogP contribution in [-0.4, -0.2) is 48.6 Å². The summed E-state index contributed by atoms with van der Waals surface area (Å²) in [5.41, 5.74) is 0. The Morgan fingerprint density at radius 1 is 1.15 bits per heavy atom. The van der Waals surface area contributed by atoms with Crippen molar-refractivity contribution in [3.63, 3.8) is 0 Å². The third-order valence-electron chi connectivity index (χ3n) is 4.33. The lowest BCUT2D eigenvalue weighted by atomic mass is 9.79. The van der Waals surface area contributed by atoms with Gasteiger partial charge in [-0.1, -0.05) is 0 Å². The second kappa shape index (κ2) is 5.69. The number of rotatable bonds is 7. The Bertz CT molecular complexity index is 391. The van der Waals surface area contributed by atoms with Gasteiger partial charge in [0, 0.05) is 0 Å². The number of carbonyl (C=O) groups is 2. The van der Waals surface area contributed by atoms with Crippen LogP contribution in [0.4, 0.5) is 0 Å². The Morgan fingerprint density at radius 2 is 1.85 bits per heavy atom. The highest BCUT2D eigenvalue weighted by molar-refractivity contribution is 5.81. The standard InChI is InChI=1S/C14H20O6/c15-13(16)9-5-11-12(20-11)6-10(9)14(17)18-4-2-1-3-8-7-19-8/h8-12H,1-7H2,(H,15,16). The predicted octanol–water partition coefficient (Wildman–Crippen LogP) is 0.977. The van der Waals surface area contributed by atoms with E-state index in [0.29, 0.717) is 25.6 Å². The van der Waals surface area contributed by atoms with E-state index in [1.54, 1.807) is 0 Å². The number of hydrogen-bond acceptors (Lipinski definition) is 5. The van der Waals surface area contributed by atoms with Gasteiger partial charge in [-0.2, -0.15) is 0 Å². The van der Waals surface area contributed by atoms with Crippen LogP contribution >= 0.6 is 0 Å². The zero-order valence-electron chi connectivity index (χ0n) is 11.3. The van der Waals surface area contributed by atoms with Crippen LogP contribution in [0, 0.1) is 11.8 Å². The maximum atomic E-state index is 12.0. The first-order chi connectivity index (χ1) is 9.65. The molecule has 6 nitrogen and oxygen atoms in total. The molecule has 0 radical (unpaired) electrons. The first kappa shape index (κ1) is 13.8. The molecule has 1 N–H and O–H groups in total. The third kappa shape index (κ3) is 3.30. The fourth-order valence-electron chi connectivity index (χ4n) is 2.94. The topological polar surface area (TPSA) is 88.7 Å². The van der Waals surface area contributed by atoms with Crippen LogP contribution in [0.5, 0.6) is 0 Å². The highest BCUT2D eigenvalue weighted by Gasteiger charge is 2.53. The van der Waals surface area contributed by atoms with Crippen molar-refractivity contribution in [1.82, 2.24) is 0 Å². The average molecular weight is 284 g/mol. The van der Waals surface area contributed by atoms with Crippen LogP contribution in [0.25, 0.3) is 0 Å². The van der Waals surface area contributed by atoms with Crippen molar-refractivity contribution in [2.75, 3.05) is 13.2 Å². The van der Waals surface area contributed by atoms with E-state index >= 15 is 0 Å². The number of epoxide rings is 2. The molecule has 2 aliphatic heterocycles. The molecule has 3 aliphatic rings. The lowest BCUT2D eigenvalue weighted by Gasteiger charge is -2.24. The van der Waals surface area contributed by atoms with E-state index in [-0.39, 0.29) is 18.2 Å². The molecule has 2 heterocycles. The number of esters is 1. The smallest absolute Gasteiger partial charge is 0.309 e. The number of ether oxygens (including phenoxy) is 3. The van der Waals surface area contributed by atoms with E-state index in [2.05, 4.69) is 0 Å². The molecule has 0 bridgehead atoms. The molecule has 0 aromatic carbocycles. The number of carboxylic acid groups (broad SMARTS) is 1. The Hall–Kier alpha value is -1.14. The van der Waals surface area contributed by atoms with Crippen molar-refractivity contribution >= 4 is 11.9 Å². The lowest BCUT2D eigenvalue weighted by Crippen LogP contribution is -2.36. The molecule has 112 valence electrons. The minimum absolute atomic E-state index is 0.0405. The van der Waals surface area contributed by atoms with Crippen LogP contribution in [-0.2, 0) is 23.8 Å². The molecule has 1 saturated carbocycles. The van der Waals surface area contributed by atoms with E-state index < -0.39 is 17.8 Å².